The van der Waals surface area contributed by atoms with E-state index in [2.05, 4.69) is 20.8 Å². The number of benzene rings is 3. The largest absolute Gasteiger partial charge is 0.497 e. The summed E-state index contributed by atoms with van der Waals surface area (Å²) in [5, 5.41) is 23.5. The Bertz CT molecular complexity index is 1350. The molecule has 10 heteroatoms. The van der Waals surface area contributed by atoms with Gasteiger partial charge in [-0.3, -0.25) is 24.8 Å². The summed E-state index contributed by atoms with van der Waals surface area (Å²) in [6.45, 7) is 0. The highest BCUT2D eigenvalue weighted by atomic mass is 16.6. The minimum atomic E-state index is -0.613. The number of nitrogens with one attached hydrogen (secondary N) is 3. The number of para-hydroxylation sites is 1. The van der Waals surface area contributed by atoms with Crippen LogP contribution in [0.25, 0.3) is 10.9 Å². The van der Waals surface area contributed by atoms with Gasteiger partial charge in [-0.25, -0.2) is 0 Å². The molecule has 0 aliphatic carbocycles. The fourth-order valence-corrected chi connectivity index (χ4v) is 3.16. The molecule has 3 aromatic carbocycles. The van der Waals surface area contributed by atoms with E-state index in [9.17, 15) is 19.7 Å². The standard InChI is InChI=1S/C22H17N5O5/c1-32-15-6-4-5-13(11-15)23-21(28)16-7-2-3-8-18(16)24-22(29)20-17-12-14(27(30)31)9-10-19(17)25-26-20/h2-12H,1H3,(H,23,28)(H,24,29)(H,25,26). The van der Waals surface area contributed by atoms with Crippen molar-refractivity contribution in [3.8, 4) is 5.75 Å². The van der Waals surface area contributed by atoms with Gasteiger partial charge in [0.15, 0.2) is 5.69 Å². The first-order valence-electron chi connectivity index (χ1n) is 9.44. The molecule has 1 heterocycles. The number of amides is 2. The van der Waals surface area contributed by atoms with Gasteiger partial charge in [0.05, 0.1) is 28.8 Å². The van der Waals surface area contributed by atoms with Crippen molar-refractivity contribution in [1.29, 1.82) is 0 Å². The van der Waals surface area contributed by atoms with Gasteiger partial charge in [-0.1, -0.05) is 18.2 Å². The Hall–Kier alpha value is -4.73. The summed E-state index contributed by atoms with van der Waals surface area (Å²) in [6.07, 6.45) is 0. The third-order valence-electron chi connectivity index (χ3n) is 4.72. The lowest BCUT2D eigenvalue weighted by Gasteiger charge is -2.11. The van der Waals surface area contributed by atoms with E-state index in [1.807, 2.05) is 0 Å². The first-order chi connectivity index (χ1) is 15.5. The van der Waals surface area contributed by atoms with Gasteiger partial charge < -0.3 is 15.4 Å². The van der Waals surface area contributed by atoms with Crippen molar-refractivity contribution in [2.24, 2.45) is 0 Å². The van der Waals surface area contributed by atoms with Crippen molar-refractivity contribution in [1.82, 2.24) is 10.2 Å². The van der Waals surface area contributed by atoms with Crippen LogP contribution in [-0.4, -0.2) is 34.0 Å². The number of fused-ring (bicyclic) bond motifs is 1. The molecule has 0 bridgehead atoms. The van der Waals surface area contributed by atoms with E-state index >= 15 is 0 Å². The summed E-state index contributed by atoms with van der Waals surface area (Å²) in [6, 6.07) is 17.4. The van der Waals surface area contributed by atoms with Gasteiger partial charge in [-0.2, -0.15) is 5.10 Å². The fourth-order valence-electron chi connectivity index (χ4n) is 3.16. The monoisotopic (exact) mass is 431 g/mol. The second kappa shape index (κ2) is 8.56. The van der Waals surface area contributed by atoms with Crippen LogP contribution in [0.4, 0.5) is 17.1 Å². The molecule has 32 heavy (non-hydrogen) atoms. The Morgan fingerprint density at radius 3 is 2.59 bits per heavy atom. The number of carbonyl (C=O) groups excluding carboxylic acids is 2. The minimum Gasteiger partial charge on any atom is -0.497 e. The molecule has 0 radical (unpaired) electrons. The predicted octanol–water partition coefficient (Wildman–Crippen LogP) is 3.98. The number of hydrogen-bond acceptors (Lipinski definition) is 6. The maximum atomic E-state index is 12.9. The van der Waals surface area contributed by atoms with Crippen molar-refractivity contribution in [2.75, 3.05) is 17.7 Å². The number of methoxy groups -OCH3 is 1. The number of nitrogens with zero attached hydrogens (tertiary/aromatic N) is 2. The highest BCUT2D eigenvalue weighted by molar-refractivity contribution is 6.15. The van der Waals surface area contributed by atoms with Crippen LogP contribution < -0.4 is 15.4 Å². The number of carbonyl (C=O) groups is 2. The molecule has 4 rings (SSSR count). The number of rotatable bonds is 6. The van der Waals surface area contributed by atoms with Gasteiger partial charge in [0.2, 0.25) is 0 Å². The molecule has 0 aliphatic heterocycles. The first-order valence-corrected chi connectivity index (χ1v) is 9.44. The van der Waals surface area contributed by atoms with E-state index in [0.717, 1.165) is 0 Å². The van der Waals surface area contributed by atoms with E-state index in [4.69, 9.17) is 4.74 Å². The molecular weight excluding hydrogens is 414 g/mol. The fraction of sp³-hybridized carbons (Fsp3) is 0.0455. The summed E-state index contributed by atoms with van der Waals surface area (Å²) >= 11 is 0. The number of H-pyrrole nitrogens is 1. The maximum absolute atomic E-state index is 12.9. The van der Waals surface area contributed by atoms with E-state index < -0.39 is 16.7 Å². The number of aromatic nitrogens is 2. The summed E-state index contributed by atoms with van der Waals surface area (Å²) in [4.78, 5) is 36.2. The van der Waals surface area contributed by atoms with Crippen LogP contribution in [0.15, 0.2) is 66.7 Å². The summed E-state index contributed by atoms with van der Waals surface area (Å²) in [5.41, 5.74) is 1.32. The van der Waals surface area contributed by atoms with Crippen LogP contribution in [0.1, 0.15) is 20.8 Å². The first kappa shape index (κ1) is 20.5. The van der Waals surface area contributed by atoms with Crippen molar-refractivity contribution >= 4 is 39.8 Å². The second-order valence-corrected chi connectivity index (χ2v) is 6.74. The number of non-ortho nitro benzene ring substituents is 1. The Labute approximate surface area is 181 Å². The molecule has 0 atom stereocenters. The zero-order chi connectivity index (χ0) is 22.7. The molecule has 1 aromatic heterocycles. The minimum absolute atomic E-state index is 0.0216. The van der Waals surface area contributed by atoms with E-state index in [1.165, 1.54) is 25.3 Å². The molecule has 0 aliphatic rings. The number of ether oxygens (including phenoxy) is 1. The molecule has 2 amide bonds. The predicted molar refractivity (Wildman–Crippen MR) is 118 cm³/mol. The van der Waals surface area contributed by atoms with Gasteiger partial charge in [0.25, 0.3) is 17.5 Å². The quantitative estimate of drug-likeness (QED) is 0.312. The average Bonchev–Trinajstić information content (AvgIpc) is 3.23. The van der Waals surface area contributed by atoms with Gasteiger partial charge in [0, 0.05) is 29.3 Å². The molecule has 4 aromatic rings. The van der Waals surface area contributed by atoms with Crippen LogP contribution in [0.5, 0.6) is 5.75 Å². The lowest BCUT2D eigenvalue weighted by atomic mass is 10.1. The summed E-state index contributed by atoms with van der Waals surface area (Å²) in [7, 11) is 1.53. The topological polar surface area (TPSA) is 139 Å². The van der Waals surface area contributed by atoms with Gasteiger partial charge in [-0.05, 0) is 30.3 Å². The molecule has 160 valence electrons. The Kier molecular flexibility index (Phi) is 5.49. The SMILES string of the molecule is COc1cccc(NC(=O)c2ccccc2NC(=O)c2n[nH]c3ccc([N+](=O)[O-])cc23)c1. The van der Waals surface area contributed by atoms with Crippen molar-refractivity contribution in [3.05, 3.63) is 88.1 Å². The Balaban J connectivity index is 1.60. The summed E-state index contributed by atoms with van der Waals surface area (Å²) in [5.74, 6) is -0.459. The smallest absolute Gasteiger partial charge is 0.276 e. The molecular formula is C22H17N5O5. The van der Waals surface area contributed by atoms with Crippen LogP contribution in [0.3, 0.4) is 0 Å². The number of hydrogen-bond donors (Lipinski definition) is 3. The van der Waals surface area contributed by atoms with Crippen LogP contribution in [0, 0.1) is 10.1 Å². The van der Waals surface area contributed by atoms with Gasteiger partial charge >= 0.3 is 0 Å². The van der Waals surface area contributed by atoms with Crippen LogP contribution in [0.2, 0.25) is 0 Å². The molecule has 0 fully saturated rings. The molecule has 3 N–H and O–H groups in total. The lowest BCUT2D eigenvalue weighted by Crippen LogP contribution is -2.18. The van der Waals surface area contributed by atoms with E-state index in [-0.39, 0.29) is 22.6 Å². The van der Waals surface area contributed by atoms with Gasteiger partial charge in [0.1, 0.15) is 5.75 Å². The van der Waals surface area contributed by atoms with Gasteiger partial charge in [-0.15, -0.1) is 0 Å². The number of nitro groups is 1. The maximum Gasteiger partial charge on any atom is 0.276 e. The summed E-state index contributed by atoms with van der Waals surface area (Å²) < 4.78 is 5.16. The zero-order valence-electron chi connectivity index (χ0n) is 16.8. The Morgan fingerprint density at radius 2 is 1.81 bits per heavy atom. The highest BCUT2D eigenvalue weighted by Gasteiger charge is 2.20. The third kappa shape index (κ3) is 4.10. The van der Waals surface area contributed by atoms with Crippen LogP contribution >= 0.6 is 0 Å². The van der Waals surface area contributed by atoms with E-state index in [0.29, 0.717) is 22.3 Å². The highest BCUT2D eigenvalue weighted by Crippen LogP contribution is 2.24. The van der Waals surface area contributed by atoms with Crippen molar-refractivity contribution < 1.29 is 19.2 Å². The number of aromatic amines is 1. The molecule has 10 nitrogen and oxygen atoms in total. The Morgan fingerprint density at radius 1 is 1.00 bits per heavy atom. The molecule has 0 saturated heterocycles. The normalized spacial score (nSPS) is 10.5. The molecule has 0 spiro atoms. The number of nitro benzene ring substituents is 1. The molecule has 0 saturated carbocycles. The average molecular weight is 431 g/mol. The zero-order valence-corrected chi connectivity index (χ0v) is 16.8. The van der Waals surface area contributed by atoms with Crippen molar-refractivity contribution in [2.45, 2.75) is 0 Å². The number of anilines is 2. The van der Waals surface area contributed by atoms with Crippen LogP contribution in [-0.2, 0) is 0 Å². The molecule has 0 unspecified atom stereocenters. The van der Waals surface area contributed by atoms with Crippen molar-refractivity contribution in [3.63, 3.8) is 0 Å². The second-order valence-electron chi connectivity index (χ2n) is 6.74. The lowest BCUT2D eigenvalue weighted by molar-refractivity contribution is -0.384. The van der Waals surface area contributed by atoms with E-state index in [1.54, 1.807) is 48.5 Å². The third-order valence-corrected chi connectivity index (χ3v) is 4.72.